The van der Waals surface area contributed by atoms with Crippen molar-refractivity contribution in [3.05, 3.63) is 47.0 Å². The lowest BCUT2D eigenvalue weighted by molar-refractivity contribution is -0.109. The van der Waals surface area contributed by atoms with Gasteiger partial charge in [-0.15, -0.1) is 0 Å². The van der Waals surface area contributed by atoms with Crippen LogP contribution in [0.3, 0.4) is 0 Å². The fourth-order valence-electron chi connectivity index (χ4n) is 3.26. The van der Waals surface area contributed by atoms with E-state index in [0.29, 0.717) is 5.92 Å². The Hall–Kier alpha value is -1.16. The first-order valence-electron chi connectivity index (χ1n) is 7.03. The maximum Gasteiger partial charge on any atom is 0.183 e. The molecule has 3 heteroatoms. The number of rotatable bonds is 4. The van der Waals surface area contributed by atoms with Crippen molar-refractivity contribution >= 4 is 0 Å². The molecule has 0 radical (unpaired) electrons. The van der Waals surface area contributed by atoms with Crippen LogP contribution in [0.15, 0.2) is 35.9 Å². The Morgan fingerprint density at radius 1 is 1.15 bits per heavy atom. The number of ether oxygens (including phenoxy) is 2. The van der Waals surface area contributed by atoms with Crippen LogP contribution in [0.5, 0.6) is 0 Å². The average Bonchev–Trinajstić information content (AvgIpc) is 2.65. The molecule has 0 bridgehead atoms. The van der Waals surface area contributed by atoms with Crippen molar-refractivity contribution in [1.29, 1.82) is 0 Å². The van der Waals surface area contributed by atoms with E-state index in [1.54, 1.807) is 14.2 Å². The Labute approximate surface area is 121 Å². The number of aliphatic hydroxyl groups is 1. The maximum absolute atomic E-state index is 11.3. The van der Waals surface area contributed by atoms with E-state index in [1.807, 2.05) is 31.2 Å². The van der Waals surface area contributed by atoms with E-state index >= 15 is 0 Å². The quantitative estimate of drug-likeness (QED) is 0.676. The summed E-state index contributed by atoms with van der Waals surface area (Å²) in [7, 11) is 3.22. The minimum atomic E-state index is -0.953. The minimum Gasteiger partial charge on any atom is -0.380 e. The van der Waals surface area contributed by atoms with Gasteiger partial charge >= 0.3 is 0 Å². The van der Waals surface area contributed by atoms with Gasteiger partial charge in [0.2, 0.25) is 0 Å². The molecule has 20 heavy (non-hydrogen) atoms. The fourth-order valence-corrected chi connectivity index (χ4v) is 3.26. The molecular formula is C17H24O3. The number of allylic oxidation sites excluding steroid dienone is 1. The molecule has 1 aliphatic rings. The minimum absolute atomic E-state index is 0.123. The fraction of sp³-hybridized carbons (Fsp3) is 0.529. The molecule has 0 spiro atoms. The molecule has 0 aliphatic heterocycles. The van der Waals surface area contributed by atoms with E-state index in [4.69, 9.17) is 9.47 Å². The molecule has 0 aromatic heterocycles. The third kappa shape index (κ3) is 2.20. The summed E-state index contributed by atoms with van der Waals surface area (Å²) >= 11 is 0. The van der Waals surface area contributed by atoms with Crippen LogP contribution in [0.2, 0.25) is 0 Å². The zero-order chi connectivity index (χ0) is 14.9. The lowest BCUT2D eigenvalue weighted by Crippen LogP contribution is -2.34. The van der Waals surface area contributed by atoms with Gasteiger partial charge in [-0.25, -0.2) is 0 Å². The summed E-state index contributed by atoms with van der Waals surface area (Å²) in [5.41, 5.74) is 1.80. The van der Waals surface area contributed by atoms with Gasteiger partial charge in [0, 0.05) is 19.8 Å². The highest BCUT2D eigenvalue weighted by molar-refractivity contribution is 5.43. The molecule has 110 valence electrons. The standard InChI is InChI=1S/C17H24O3/c1-11-10-12(2)17(18,13(11)3)15-9-7-6-8-14(15)16(19-4)20-5/h6-11,13,16,18H,1-5H3. The van der Waals surface area contributed by atoms with E-state index in [-0.39, 0.29) is 5.92 Å². The van der Waals surface area contributed by atoms with Gasteiger partial charge in [-0.3, -0.25) is 0 Å². The highest BCUT2D eigenvalue weighted by Gasteiger charge is 2.45. The van der Waals surface area contributed by atoms with Crippen LogP contribution in [0.4, 0.5) is 0 Å². The van der Waals surface area contributed by atoms with Crippen LogP contribution in [-0.4, -0.2) is 19.3 Å². The summed E-state index contributed by atoms with van der Waals surface area (Å²) in [5, 5.41) is 11.3. The molecule has 3 unspecified atom stereocenters. The second-order valence-electron chi connectivity index (χ2n) is 5.65. The van der Waals surface area contributed by atoms with E-state index < -0.39 is 11.9 Å². The highest BCUT2D eigenvalue weighted by atomic mass is 16.7. The van der Waals surface area contributed by atoms with Gasteiger partial charge in [0.25, 0.3) is 0 Å². The highest BCUT2D eigenvalue weighted by Crippen LogP contribution is 2.48. The zero-order valence-electron chi connectivity index (χ0n) is 12.9. The molecule has 3 atom stereocenters. The lowest BCUT2D eigenvalue weighted by Gasteiger charge is -2.35. The third-order valence-corrected chi connectivity index (χ3v) is 4.62. The van der Waals surface area contributed by atoms with Crippen molar-refractivity contribution in [2.75, 3.05) is 14.2 Å². The topological polar surface area (TPSA) is 38.7 Å². The number of benzene rings is 1. The van der Waals surface area contributed by atoms with Crippen molar-refractivity contribution in [3.63, 3.8) is 0 Å². The zero-order valence-corrected chi connectivity index (χ0v) is 12.9. The van der Waals surface area contributed by atoms with E-state index in [0.717, 1.165) is 16.7 Å². The second kappa shape index (κ2) is 5.68. The molecular weight excluding hydrogens is 252 g/mol. The van der Waals surface area contributed by atoms with E-state index in [1.165, 1.54) is 0 Å². The number of hydrogen-bond donors (Lipinski definition) is 1. The Morgan fingerprint density at radius 2 is 1.75 bits per heavy atom. The predicted molar refractivity (Wildman–Crippen MR) is 79.2 cm³/mol. The van der Waals surface area contributed by atoms with Gasteiger partial charge < -0.3 is 14.6 Å². The molecule has 1 N–H and O–H groups in total. The molecule has 3 nitrogen and oxygen atoms in total. The second-order valence-corrected chi connectivity index (χ2v) is 5.65. The van der Waals surface area contributed by atoms with Gasteiger partial charge in [-0.1, -0.05) is 44.2 Å². The van der Waals surface area contributed by atoms with Gasteiger partial charge in [-0.05, 0) is 29.9 Å². The van der Waals surface area contributed by atoms with E-state index in [2.05, 4.69) is 19.9 Å². The molecule has 0 heterocycles. The Morgan fingerprint density at radius 3 is 2.25 bits per heavy atom. The molecule has 0 saturated carbocycles. The third-order valence-electron chi connectivity index (χ3n) is 4.62. The molecule has 0 fully saturated rings. The lowest BCUT2D eigenvalue weighted by atomic mass is 9.77. The summed E-state index contributed by atoms with van der Waals surface area (Å²) < 4.78 is 10.8. The van der Waals surface area contributed by atoms with Crippen molar-refractivity contribution in [3.8, 4) is 0 Å². The molecule has 1 aromatic rings. The van der Waals surface area contributed by atoms with Crippen LogP contribution in [0, 0.1) is 11.8 Å². The normalized spacial score (nSPS) is 29.9. The molecule has 1 aromatic carbocycles. The smallest absolute Gasteiger partial charge is 0.183 e. The van der Waals surface area contributed by atoms with Crippen LogP contribution in [0.25, 0.3) is 0 Å². The van der Waals surface area contributed by atoms with E-state index in [9.17, 15) is 5.11 Å². The van der Waals surface area contributed by atoms with Gasteiger partial charge in [-0.2, -0.15) is 0 Å². The van der Waals surface area contributed by atoms with Gasteiger partial charge in [0.15, 0.2) is 6.29 Å². The van der Waals surface area contributed by atoms with Crippen molar-refractivity contribution in [1.82, 2.24) is 0 Å². The first kappa shape index (κ1) is 15.2. The van der Waals surface area contributed by atoms with Crippen molar-refractivity contribution in [2.24, 2.45) is 11.8 Å². The average molecular weight is 276 g/mol. The van der Waals surface area contributed by atoms with Crippen molar-refractivity contribution < 1.29 is 14.6 Å². The van der Waals surface area contributed by atoms with Crippen LogP contribution < -0.4 is 0 Å². The largest absolute Gasteiger partial charge is 0.380 e. The molecule has 0 saturated heterocycles. The first-order valence-corrected chi connectivity index (χ1v) is 7.03. The van der Waals surface area contributed by atoms with Crippen molar-refractivity contribution in [2.45, 2.75) is 32.7 Å². The molecule has 0 amide bonds. The summed E-state index contributed by atoms with van der Waals surface area (Å²) in [6.45, 7) is 6.22. The maximum atomic E-state index is 11.3. The Bertz CT molecular complexity index is 505. The summed E-state index contributed by atoms with van der Waals surface area (Å²) in [6, 6.07) is 7.80. The summed E-state index contributed by atoms with van der Waals surface area (Å²) in [5.74, 6) is 0.467. The monoisotopic (exact) mass is 276 g/mol. The van der Waals surface area contributed by atoms with Crippen LogP contribution >= 0.6 is 0 Å². The summed E-state index contributed by atoms with van der Waals surface area (Å²) in [4.78, 5) is 0. The SMILES string of the molecule is COC(OC)c1ccccc1C1(O)C(C)=CC(C)C1C. The van der Waals surface area contributed by atoms with Gasteiger partial charge in [0.05, 0.1) is 0 Å². The Kier molecular flexibility index (Phi) is 4.33. The van der Waals surface area contributed by atoms with Crippen LogP contribution in [0.1, 0.15) is 38.2 Å². The molecule has 2 rings (SSSR count). The first-order chi connectivity index (χ1) is 9.46. The predicted octanol–water partition coefficient (Wildman–Crippen LogP) is 3.40. The molecule has 1 aliphatic carbocycles. The van der Waals surface area contributed by atoms with Gasteiger partial charge in [0.1, 0.15) is 5.60 Å². The van der Waals surface area contributed by atoms with Crippen LogP contribution in [-0.2, 0) is 15.1 Å². The summed E-state index contributed by atoms with van der Waals surface area (Å²) in [6.07, 6.45) is 1.68. The Balaban J connectivity index is 2.56. The number of hydrogen-bond acceptors (Lipinski definition) is 3. The number of methoxy groups -OCH3 is 2.